The van der Waals surface area contributed by atoms with Crippen molar-refractivity contribution in [3.8, 4) is 0 Å². The molecule has 2 unspecified atom stereocenters. The first-order valence-electron chi connectivity index (χ1n) is 10.4. The normalized spacial score (nSPS) is 19.9. The lowest BCUT2D eigenvalue weighted by Crippen LogP contribution is -2.21. The highest BCUT2D eigenvalue weighted by Crippen LogP contribution is 2.34. The van der Waals surface area contributed by atoms with Crippen LogP contribution in [0.5, 0.6) is 0 Å². The van der Waals surface area contributed by atoms with Gasteiger partial charge in [0.1, 0.15) is 0 Å². The number of aryl methyl sites for hydroxylation is 2. The molecule has 0 saturated carbocycles. The summed E-state index contributed by atoms with van der Waals surface area (Å²) in [5.41, 5.74) is 6.44. The average molecular weight is 394 g/mol. The summed E-state index contributed by atoms with van der Waals surface area (Å²) < 4.78 is 10.3. The van der Waals surface area contributed by atoms with Gasteiger partial charge in [0.25, 0.3) is 0 Å². The van der Waals surface area contributed by atoms with Gasteiger partial charge in [-0.3, -0.25) is 4.99 Å². The van der Waals surface area contributed by atoms with Crippen molar-refractivity contribution in [3.05, 3.63) is 82.7 Å². The number of benzene rings is 1. The van der Waals surface area contributed by atoms with Gasteiger partial charge in [-0.05, 0) is 73.9 Å². The van der Waals surface area contributed by atoms with Gasteiger partial charge in [0, 0.05) is 25.8 Å². The predicted octanol–water partition coefficient (Wildman–Crippen LogP) is 6.25. The highest BCUT2D eigenvalue weighted by molar-refractivity contribution is 5.80. The summed E-state index contributed by atoms with van der Waals surface area (Å²) in [4.78, 5) is 5.00. The quantitative estimate of drug-likeness (QED) is 0.267. The number of dihydropyridines is 1. The summed E-state index contributed by atoms with van der Waals surface area (Å²) in [5.74, 6) is 0.218. The fourth-order valence-electron chi connectivity index (χ4n) is 3.58. The molecule has 0 N–H and O–H groups in total. The molecule has 0 fully saturated rings. The number of hydrogen-bond acceptors (Lipinski definition) is 3. The van der Waals surface area contributed by atoms with Gasteiger partial charge in [0.15, 0.2) is 0 Å². The number of aliphatic imine (C=N–C) groups is 1. The van der Waals surface area contributed by atoms with Gasteiger partial charge in [-0.15, -0.1) is 0 Å². The van der Waals surface area contributed by atoms with Gasteiger partial charge in [0.05, 0.1) is 19.4 Å². The highest BCUT2D eigenvalue weighted by Gasteiger charge is 2.26. The molecule has 3 nitrogen and oxygen atoms in total. The van der Waals surface area contributed by atoms with Crippen LogP contribution in [0.4, 0.5) is 0 Å². The largest absolute Gasteiger partial charge is 0.504 e. The smallest absolute Gasteiger partial charge is 0.0852 e. The summed E-state index contributed by atoms with van der Waals surface area (Å²) in [7, 11) is 3.42. The second-order valence-corrected chi connectivity index (χ2v) is 7.51. The summed E-state index contributed by atoms with van der Waals surface area (Å²) in [5, 5.41) is 0. The molecule has 0 amide bonds. The molecular formula is C26H35NO2. The molecule has 0 radical (unpaired) electrons. The van der Waals surface area contributed by atoms with E-state index in [9.17, 15) is 0 Å². The Kier molecular flexibility index (Phi) is 9.66. The zero-order valence-electron chi connectivity index (χ0n) is 18.5. The molecule has 0 aromatic heterocycles. The Morgan fingerprint density at radius 2 is 1.97 bits per heavy atom. The monoisotopic (exact) mass is 393 g/mol. The molecule has 1 aromatic rings. The summed E-state index contributed by atoms with van der Waals surface area (Å²) >= 11 is 0. The molecule has 156 valence electrons. The third kappa shape index (κ3) is 6.86. The molecule has 1 aliphatic rings. The standard InChI is InChI=1S/C26H35NO2/c1-6-10-23(12-9-16-29-5)26-25(24-14-13-20(2)21(3)17-24)18-22(19-27-26)11-7-8-15-28-4/h6,9-10,12-14,16-19,25-26H,7-8,11,15H2,1-5H3/b10-6-,16-9+,23-12+. The van der Waals surface area contributed by atoms with Gasteiger partial charge in [-0.25, -0.2) is 0 Å². The Morgan fingerprint density at radius 1 is 1.14 bits per heavy atom. The third-order valence-electron chi connectivity index (χ3n) is 5.32. The minimum absolute atomic E-state index is 0.0533. The van der Waals surface area contributed by atoms with E-state index >= 15 is 0 Å². The number of unbranched alkanes of at least 4 members (excludes halogenated alkanes) is 1. The van der Waals surface area contributed by atoms with Crippen molar-refractivity contribution in [2.24, 2.45) is 4.99 Å². The van der Waals surface area contributed by atoms with Crippen LogP contribution < -0.4 is 0 Å². The number of ether oxygens (including phenoxy) is 2. The lowest BCUT2D eigenvalue weighted by atomic mass is 9.82. The lowest BCUT2D eigenvalue weighted by molar-refractivity contribution is 0.193. The van der Waals surface area contributed by atoms with E-state index in [0.29, 0.717) is 0 Å². The highest BCUT2D eigenvalue weighted by atomic mass is 16.5. The van der Waals surface area contributed by atoms with Crippen molar-refractivity contribution >= 4 is 6.21 Å². The Bertz CT molecular complexity index is 799. The molecule has 0 spiro atoms. The fourth-order valence-corrected chi connectivity index (χ4v) is 3.58. The first-order valence-corrected chi connectivity index (χ1v) is 10.4. The van der Waals surface area contributed by atoms with Crippen molar-refractivity contribution in [2.45, 2.75) is 52.0 Å². The van der Waals surface area contributed by atoms with Gasteiger partial charge in [-0.1, -0.05) is 42.5 Å². The maximum atomic E-state index is 5.18. The first kappa shape index (κ1) is 22.9. The molecule has 2 atom stereocenters. The fraction of sp³-hybridized carbons (Fsp3) is 0.423. The summed E-state index contributed by atoms with van der Waals surface area (Å²) in [6.45, 7) is 7.20. The minimum Gasteiger partial charge on any atom is -0.504 e. The zero-order chi connectivity index (χ0) is 21.1. The van der Waals surface area contributed by atoms with Crippen molar-refractivity contribution in [1.82, 2.24) is 0 Å². The molecule has 3 heteroatoms. The number of hydrogen-bond donors (Lipinski definition) is 0. The van der Waals surface area contributed by atoms with Crippen LogP contribution in [0, 0.1) is 13.8 Å². The molecule has 2 rings (SSSR count). The van der Waals surface area contributed by atoms with Crippen LogP contribution >= 0.6 is 0 Å². The van der Waals surface area contributed by atoms with Crippen molar-refractivity contribution in [1.29, 1.82) is 0 Å². The van der Waals surface area contributed by atoms with Crippen molar-refractivity contribution in [2.75, 3.05) is 20.8 Å². The molecular weight excluding hydrogens is 358 g/mol. The Labute approximate surface area is 176 Å². The van der Waals surface area contributed by atoms with Gasteiger partial charge >= 0.3 is 0 Å². The van der Waals surface area contributed by atoms with Crippen LogP contribution in [-0.2, 0) is 9.47 Å². The predicted molar refractivity (Wildman–Crippen MR) is 124 cm³/mol. The third-order valence-corrected chi connectivity index (χ3v) is 5.32. The van der Waals surface area contributed by atoms with E-state index in [1.807, 2.05) is 13.0 Å². The van der Waals surface area contributed by atoms with E-state index in [4.69, 9.17) is 14.5 Å². The molecule has 1 aliphatic heterocycles. The van der Waals surface area contributed by atoms with E-state index < -0.39 is 0 Å². The number of nitrogens with zero attached hydrogens (tertiary/aromatic N) is 1. The van der Waals surface area contributed by atoms with E-state index in [1.54, 1.807) is 20.5 Å². The first-order chi connectivity index (χ1) is 14.1. The molecule has 0 aliphatic carbocycles. The minimum atomic E-state index is 0.0533. The lowest BCUT2D eigenvalue weighted by Gasteiger charge is -2.28. The van der Waals surface area contributed by atoms with E-state index in [1.165, 1.54) is 27.8 Å². The number of allylic oxidation sites excluding steroid dienone is 4. The zero-order valence-corrected chi connectivity index (χ0v) is 18.5. The SMILES string of the molecule is C\C=C/C(=C\C=C\OC)C1N=CC(CCCCOC)=CC1c1ccc(C)c(C)c1. The van der Waals surface area contributed by atoms with Crippen LogP contribution in [0.15, 0.2) is 71.0 Å². The van der Waals surface area contributed by atoms with Gasteiger partial charge in [-0.2, -0.15) is 0 Å². The van der Waals surface area contributed by atoms with E-state index in [0.717, 1.165) is 25.9 Å². The van der Waals surface area contributed by atoms with Crippen LogP contribution in [0.3, 0.4) is 0 Å². The van der Waals surface area contributed by atoms with Crippen LogP contribution in [-0.4, -0.2) is 33.1 Å². The summed E-state index contributed by atoms with van der Waals surface area (Å²) in [6, 6.07) is 6.83. The second-order valence-electron chi connectivity index (χ2n) is 7.51. The second kappa shape index (κ2) is 12.2. The van der Waals surface area contributed by atoms with Crippen LogP contribution in [0.1, 0.15) is 48.8 Å². The van der Waals surface area contributed by atoms with Gasteiger partial charge < -0.3 is 9.47 Å². The number of rotatable bonds is 10. The molecule has 29 heavy (non-hydrogen) atoms. The summed E-state index contributed by atoms with van der Waals surface area (Å²) in [6.07, 6.45) is 17.6. The maximum Gasteiger partial charge on any atom is 0.0852 e. The Balaban J connectivity index is 2.37. The Hall–Kier alpha value is -2.39. The number of methoxy groups -OCH3 is 2. The molecule has 1 heterocycles. The Morgan fingerprint density at radius 3 is 2.66 bits per heavy atom. The average Bonchev–Trinajstić information content (AvgIpc) is 2.73. The van der Waals surface area contributed by atoms with E-state index in [2.05, 4.69) is 62.6 Å². The van der Waals surface area contributed by atoms with E-state index in [-0.39, 0.29) is 12.0 Å². The van der Waals surface area contributed by atoms with Crippen molar-refractivity contribution < 1.29 is 9.47 Å². The molecule has 1 aromatic carbocycles. The van der Waals surface area contributed by atoms with Crippen LogP contribution in [0.2, 0.25) is 0 Å². The maximum absolute atomic E-state index is 5.18. The molecule has 0 bridgehead atoms. The molecule has 0 saturated heterocycles. The van der Waals surface area contributed by atoms with Crippen molar-refractivity contribution in [3.63, 3.8) is 0 Å². The van der Waals surface area contributed by atoms with Crippen LogP contribution in [0.25, 0.3) is 0 Å². The topological polar surface area (TPSA) is 30.8 Å². The van der Waals surface area contributed by atoms with Gasteiger partial charge in [0.2, 0.25) is 0 Å².